The van der Waals surface area contributed by atoms with E-state index in [1.165, 1.54) is 30.6 Å². The van der Waals surface area contributed by atoms with Crippen molar-refractivity contribution in [2.45, 2.75) is 37.8 Å². The van der Waals surface area contributed by atoms with Crippen LogP contribution in [0.5, 0.6) is 0 Å². The molecule has 2 aromatic carbocycles. The van der Waals surface area contributed by atoms with Crippen molar-refractivity contribution in [3.8, 4) is 5.69 Å². The highest BCUT2D eigenvalue weighted by Gasteiger charge is 2.34. The summed E-state index contributed by atoms with van der Waals surface area (Å²) >= 11 is 5.95. The molecule has 0 saturated carbocycles. The van der Waals surface area contributed by atoms with Crippen LogP contribution in [0, 0.1) is 6.92 Å². The number of benzene rings is 2. The molecule has 0 unspecified atom stereocenters. The number of carbonyl (C=O) groups excluding carboxylic acids is 1. The van der Waals surface area contributed by atoms with Gasteiger partial charge in [-0.05, 0) is 49.2 Å². The van der Waals surface area contributed by atoms with Crippen molar-refractivity contribution in [2.24, 2.45) is 0 Å². The van der Waals surface area contributed by atoms with Crippen molar-refractivity contribution >= 4 is 38.8 Å². The van der Waals surface area contributed by atoms with Crippen molar-refractivity contribution in [1.82, 2.24) is 18.8 Å². The molecule has 38 heavy (non-hydrogen) atoms. The van der Waals surface area contributed by atoms with Gasteiger partial charge in [-0.1, -0.05) is 36.2 Å². The first-order valence-electron chi connectivity index (χ1n) is 11.4. The molecule has 200 valence electrons. The van der Waals surface area contributed by atoms with Crippen LogP contribution in [0.1, 0.15) is 29.4 Å². The van der Waals surface area contributed by atoms with Gasteiger partial charge in [-0.2, -0.15) is 13.2 Å². The van der Waals surface area contributed by atoms with E-state index in [4.69, 9.17) is 11.6 Å². The SMILES string of the molecule is CCc1nc2cc(C(F)(F)F)c(Cl)cc2n1-c1cncc(CCN(C(=O)[O-])S(=O)(=O)c2ccc(C)cc2)c1. The Kier molecular flexibility index (Phi) is 7.39. The molecular formula is C25H21ClF3N4O4S-. The summed E-state index contributed by atoms with van der Waals surface area (Å²) in [5.41, 5.74) is 1.16. The third kappa shape index (κ3) is 5.32. The largest absolute Gasteiger partial charge is 0.529 e. The molecule has 0 saturated heterocycles. The predicted octanol–water partition coefficient (Wildman–Crippen LogP) is 4.54. The Bertz CT molecular complexity index is 1620. The van der Waals surface area contributed by atoms with Crippen molar-refractivity contribution in [3.63, 3.8) is 0 Å². The maximum Gasteiger partial charge on any atom is 0.417 e. The minimum Gasteiger partial charge on any atom is -0.529 e. The van der Waals surface area contributed by atoms with Crippen LogP contribution >= 0.6 is 11.6 Å². The second-order valence-corrected chi connectivity index (χ2v) is 10.8. The van der Waals surface area contributed by atoms with E-state index in [9.17, 15) is 31.5 Å². The van der Waals surface area contributed by atoms with Crippen molar-refractivity contribution in [3.05, 3.63) is 82.4 Å². The van der Waals surface area contributed by atoms with Gasteiger partial charge in [0.05, 0.1) is 38.4 Å². The monoisotopic (exact) mass is 565 g/mol. The topological polar surface area (TPSA) is 108 Å². The fraction of sp³-hybridized carbons (Fsp3) is 0.240. The fourth-order valence-corrected chi connectivity index (χ4v) is 5.53. The number of fused-ring (bicyclic) bond motifs is 1. The van der Waals surface area contributed by atoms with E-state index >= 15 is 0 Å². The van der Waals surface area contributed by atoms with Crippen molar-refractivity contribution in [2.75, 3.05) is 6.54 Å². The minimum atomic E-state index is -4.65. The normalized spacial score (nSPS) is 12.2. The van der Waals surface area contributed by atoms with Gasteiger partial charge in [0.25, 0.3) is 10.0 Å². The van der Waals surface area contributed by atoms with Crippen molar-refractivity contribution in [1.29, 1.82) is 0 Å². The summed E-state index contributed by atoms with van der Waals surface area (Å²) < 4.78 is 67.7. The quantitative estimate of drug-likeness (QED) is 0.325. The summed E-state index contributed by atoms with van der Waals surface area (Å²) in [6.45, 7) is 3.12. The molecule has 0 spiro atoms. The smallest absolute Gasteiger partial charge is 0.417 e. The molecule has 2 aromatic heterocycles. The van der Waals surface area contributed by atoms with Gasteiger partial charge in [0.2, 0.25) is 0 Å². The number of amides is 1. The Morgan fingerprint density at radius 1 is 1.13 bits per heavy atom. The zero-order valence-corrected chi connectivity index (χ0v) is 21.7. The van der Waals surface area contributed by atoms with E-state index in [0.29, 0.717) is 29.0 Å². The van der Waals surface area contributed by atoms with Crippen LogP contribution in [0.15, 0.2) is 59.8 Å². The van der Waals surface area contributed by atoms with Crippen LogP contribution in [0.4, 0.5) is 18.0 Å². The number of imidazole rings is 1. The van der Waals surface area contributed by atoms with Crippen LogP contribution in [0.2, 0.25) is 5.02 Å². The highest BCUT2D eigenvalue weighted by atomic mass is 35.5. The molecule has 0 N–H and O–H groups in total. The lowest BCUT2D eigenvalue weighted by molar-refractivity contribution is -0.259. The van der Waals surface area contributed by atoms with Gasteiger partial charge in [-0.25, -0.2) is 13.4 Å². The zero-order valence-electron chi connectivity index (χ0n) is 20.2. The third-order valence-electron chi connectivity index (χ3n) is 5.89. The molecule has 4 aromatic rings. The third-order valence-corrected chi connectivity index (χ3v) is 7.98. The summed E-state index contributed by atoms with van der Waals surface area (Å²) in [7, 11) is -4.37. The minimum absolute atomic E-state index is 0.0347. The zero-order chi connectivity index (χ0) is 27.8. The number of aryl methyl sites for hydroxylation is 2. The van der Waals surface area contributed by atoms with E-state index in [1.54, 1.807) is 36.6 Å². The number of carbonyl (C=O) groups is 1. The van der Waals surface area contributed by atoms with Gasteiger partial charge >= 0.3 is 6.18 Å². The average molecular weight is 566 g/mol. The predicted molar refractivity (Wildman–Crippen MR) is 132 cm³/mol. The lowest BCUT2D eigenvalue weighted by Crippen LogP contribution is -2.45. The van der Waals surface area contributed by atoms with Gasteiger partial charge in [0.1, 0.15) is 5.82 Å². The Balaban J connectivity index is 1.68. The van der Waals surface area contributed by atoms with Crippen LogP contribution in [0.3, 0.4) is 0 Å². The molecule has 4 rings (SSSR count). The first-order chi connectivity index (χ1) is 17.8. The first kappa shape index (κ1) is 27.4. The van der Waals surface area contributed by atoms with E-state index in [-0.39, 0.29) is 21.1 Å². The van der Waals surface area contributed by atoms with Crippen LogP contribution in [-0.4, -0.2) is 39.9 Å². The Morgan fingerprint density at radius 2 is 1.82 bits per heavy atom. The maximum atomic E-state index is 13.3. The number of halogens is 4. The highest BCUT2D eigenvalue weighted by Crippen LogP contribution is 2.37. The Morgan fingerprint density at radius 3 is 2.42 bits per heavy atom. The Labute approximate surface area is 221 Å². The van der Waals surface area contributed by atoms with Gasteiger partial charge in [-0.3, -0.25) is 13.9 Å². The molecule has 0 aliphatic rings. The second kappa shape index (κ2) is 10.3. The number of alkyl halides is 3. The first-order valence-corrected chi connectivity index (χ1v) is 13.2. The maximum absolute atomic E-state index is 13.3. The van der Waals surface area contributed by atoms with E-state index < -0.39 is 39.4 Å². The van der Waals surface area contributed by atoms with E-state index in [0.717, 1.165) is 11.6 Å². The number of aromatic nitrogens is 3. The number of hydrogen-bond acceptors (Lipinski definition) is 6. The van der Waals surface area contributed by atoms with Crippen LogP contribution < -0.4 is 5.11 Å². The van der Waals surface area contributed by atoms with Gasteiger partial charge < -0.3 is 9.90 Å². The summed E-state index contributed by atoms with van der Waals surface area (Å²) in [5.74, 6) is 0.452. The summed E-state index contributed by atoms with van der Waals surface area (Å²) in [5, 5.41) is 11.3. The van der Waals surface area contributed by atoms with E-state index in [1.807, 2.05) is 0 Å². The molecule has 0 radical (unpaired) electrons. The molecule has 0 aliphatic carbocycles. The highest BCUT2D eigenvalue weighted by molar-refractivity contribution is 7.89. The number of sulfonamides is 1. The average Bonchev–Trinajstić information content (AvgIpc) is 3.20. The standard InChI is InChI=1S/C25H22ClF3N4O4S/c1-3-23-31-21-11-19(25(27,28)29)20(26)12-22(21)33(23)17-10-16(13-30-14-17)8-9-32(24(34)35)38(36,37)18-6-4-15(2)5-7-18/h4-7,10-14H,3,8-9H2,1-2H3,(H,34,35)/p-1. The van der Waals surface area contributed by atoms with Crippen molar-refractivity contribution < 1.29 is 31.5 Å². The number of nitrogens with zero attached hydrogens (tertiary/aromatic N) is 4. The molecule has 2 heterocycles. The lowest BCUT2D eigenvalue weighted by atomic mass is 10.1. The number of carboxylic acid groups (broad SMARTS) is 1. The molecule has 0 fully saturated rings. The lowest BCUT2D eigenvalue weighted by Gasteiger charge is -2.24. The van der Waals surface area contributed by atoms with Crippen LogP contribution in [0.25, 0.3) is 16.7 Å². The van der Waals surface area contributed by atoms with Gasteiger partial charge in [0.15, 0.2) is 6.09 Å². The van der Waals surface area contributed by atoms with Crippen LogP contribution in [-0.2, 0) is 29.0 Å². The molecule has 1 amide bonds. The van der Waals surface area contributed by atoms with E-state index in [2.05, 4.69) is 9.97 Å². The molecule has 8 nitrogen and oxygen atoms in total. The summed E-state index contributed by atoms with van der Waals surface area (Å²) in [6, 6.07) is 9.44. The summed E-state index contributed by atoms with van der Waals surface area (Å²) in [6.07, 6.45) is -3.27. The second-order valence-electron chi connectivity index (χ2n) is 8.49. The fourth-order valence-electron chi connectivity index (χ4n) is 4.00. The van der Waals surface area contributed by atoms with Gasteiger partial charge in [-0.15, -0.1) is 0 Å². The number of pyridine rings is 1. The molecule has 0 atom stereocenters. The Hall–Kier alpha value is -3.64. The summed E-state index contributed by atoms with van der Waals surface area (Å²) in [4.78, 5) is 20.0. The number of rotatable bonds is 7. The molecular weight excluding hydrogens is 545 g/mol. The molecule has 0 aliphatic heterocycles. The molecule has 13 heteroatoms. The number of hydrogen-bond donors (Lipinski definition) is 0. The van der Waals surface area contributed by atoms with Gasteiger partial charge in [0, 0.05) is 19.2 Å². The molecule has 0 bridgehead atoms.